The van der Waals surface area contributed by atoms with Crippen LogP contribution in [0.5, 0.6) is 0 Å². The fraction of sp³-hybridized carbons (Fsp3) is 0.462. The number of hydrazine groups is 1. The van der Waals surface area contributed by atoms with Crippen LogP contribution in [0.3, 0.4) is 0 Å². The van der Waals surface area contributed by atoms with Gasteiger partial charge in [-0.05, 0) is 31.4 Å². The number of para-hydroxylation sites is 1. The Morgan fingerprint density at radius 3 is 2.86 bits per heavy atom. The van der Waals surface area contributed by atoms with E-state index in [-0.39, 0.29) is 17.3 Å². The van der Waals surface area contributed by atoms with Gasteiger partial charge in [-0.3, -0.25) is 20.8 Å². The highest BCUT2D eigenvalue weighted by molar-refractivity contribution is 5.87. The maximum atomic E-state index is 12.0. The van der Waals surface area contributed by atoms with Gasteiger partial charge in [0.2, 0.25) is 5.91 Å². The fourth-order valence-corrected chi connectivity index (χ4v) is 2.73. The van der Waals surface area contributed by atoms with Crippen LogP contribution in [0.15, 0.2) is 18.2 Å². The molecule has 1 aromatic rings. The van der Waals surface area contributed by atoms with Gasteiger partial charge in [0.1, 0.15) is 17.4 Å². The summed E-state index contributed by atoms with van der Waals surface area (Å²) in [5, 5.41) is 14.0. The zero-order chi connectivity index (χ0) is 15.4. The Labute approximate surface area is 122 Å². The van der Waals surface area contributed by atoms with Crippen LogP contribution in [0.25, 0.3) is 0 Å². The molecule has 2 rings (SSSR count). The zero-order valence-corrected chi connectivity index (χ0v) is 11.8. The molecule has 1 fully saturated rings. The number of amides is 1. The van der Waals surface area contributed by atoms with E-state index in [1.165, 1.54) is 0 Å². The van der Waals surface area contributed by atoms with Gasteiger partial charge in [-0.2, -0.15) is 0 Å². The number of nitrogens with two attached hydrogens (primary N) is 1. The Bertz CT molecular complexity index is 549. The summed E-state index contributed by atoms with van der Waals surface area (Å²) in [4.78, 5) is 24.7. The average Bonchev–Trinajstić information content (AvgIpc) is 2.53. The molecule has 1 aliphatic rings. The number of piperidine rings is 1. The normalized spacial score (nSPS) is 18.2. The second-order valence-corrected chi connectivity index (χ2v) is 4.89. The Morgan fingerprint density at radius 1 is 1.48 bits per heavy atom. The molecule has 0 aliphatic carbocycles. The first-order chi connectivity index (χ1) is 10.1. The largest absolute Gasteiger partial charge is 0.357 e. The lowest BCUT2D eigenvalue weighted by atomic mass is 10.00. The molecule has 0 spiro atoms. The molecule has 1 unspecified atom stereocenters. The van der Waals surface area contributed by atoms with Crippen molar-refractivity contribution in [2.24, 2.45) is 5.84 Å². The molecule has 8 heteroatoms. The molecule has 8 nitrogen and oxygen atoms in total. The predicted octanol–water partition coefficient (Wildman–Crippen LogP) is 0.985. The number of carbonyl (C=O) groups is 1. The van der Waals surface area contributed by atoms with Crippen LogP contribution in [0, 0.1) is 10.1 Å². The molecule has 0 radical (unpaired) electrons. The highest BCUT2D eigenvalue weighted by Gasteiger charge is 2.33. The van der Waals surface area contributed by atoms with E-state index in [1.807, 2.05) is 0 Å². The average molecular weight is 293 g/mol. The van der Waals surface area contributed by atoms with E-state index in [2.05, 4.69) is 10.7 Å². The second-order valence-electron chi connectivity index (χ2n) is 4.89. The topological polar surface area (TPSA) is 114 Å². The van der Waals surface area contributed by atoms with E-state index >= 15 is 0 Å². The van der Waals surface area contributed by atoms with Crippen molar-refractivity contribution in [1.82, 2.24) is 5.32 Å². The summed E-state index contributed by atoms with van der Waals surface area (Å²) < 4.78 is 0. The maximum Gasteiger partial charge on any atom is 0.316 e. The molecular weight excluding hydrogens is 274 g/mol. The van der Waals surface area contributed by atoms with Gasteiger partial charge in [0.05, 0.1) is 4.92 Å². The van der Waals surface area contributed by atoms with Gasteiger partial charge in [0, 0.05) is 13.6 Å². The summed E-state index contributed by atoms with van der Waals surface area (Å²) in [5.41, 5.74) is 2.90. The van der Waals surface area contributed by atoms with Gasteiger partial charge in [-0.25, -0.2) is 0 Å². The van der Waals surface area contributed by atoms with Gasteiger partial charge >= 0.3 is 5.69 Å². The number of carbonyl (C=O) groups excluding carboxylic acids is 1. The highest BCUT2D eigenvalue weighted by Crippen LogP contribution is 2.37. The number of nitrogen functional groups attached to an aromatic ring is 1. The minimum atomic E-state index is -0.472. The predicted molar refractivity (Wildman–Crippen MR) is 80.0 cm³/mol. The van der Waals surface area contributed by atoms with Crippen LogP contribution in [-0.2, 0) is 4.79 Å². The molecule has 0 aromatic heterocycles. The van der Waals surface area contributed by atoms with Crippen molar-refractivity contribution in [1.29, 1.82) is 0 Å². The van der Waals surface area contributed by atoms with E-state index in [9.17, 15) is 14.9 Å². The third-order valence-electron chi connectivity index (χ3n) is 3.71. The van der Waals surface area contributed by atoms with Gasteiger partial charge in [-0.1, -0.05) is 6.07 Å². The van der Waals surface area contributed by atoms with Crippen molar-refractivity contribution < 1.29 is 9.72 Å². The summed E-state index contributed by atoms with van der Waals surface area (Å²) in [6.07, 6.45) is 2.50. The van der Waals surface area contributed by atoms with Crippen molar-refractivity contribution in [2.75, 3.05) is 23.9 Å². The molecule has 4 N–H and O–H groups in total. The molecule has 0 saturated carbocycles. The summed E-state index contributed by atoms with van der Waals surface area (Å²) in [5.74, 6) is 5.23. The van der Waals surface area contributed by atoms with E-state index in [0.29, 0.717) is 18.7 Å². The van der Waals surface area contributed by atoms with E-state index in [0.717, 1.165) is 12.8 Å². The van der Waals surface area contributed by atoms with Crippen LogP contribution in [0.2, 0.25) is 0 Å². The number of hydrogen-bond acceptors (Lipinski definition) is 6. The molecule has 1 aliphatic heterocycles. The summed E-state index contributed by atoms with van der Waals surface area (Å²) in [6, 6.07) is 4.49. The van der Waals surface area contributed by atoms with Crippen LogP contribution in [0.1, 0.15) is 19.3 Å². The maximum absolute atomic E-state index is 12.0. The number of nitro groups is 1. The van der Waals surface area contributed by atoms with E-state index < -0.39 is 11.0 Å². The van der Waals surface area contributed by atoms with Gasteiger partial charge in [0.15, 0.2) is 0 Å². The number of nitrogens with zero attached hydrogens (tertiary/aromatic N) is 2. The Kier molecular flexibility index (Phi) is 4.59. The summed E-state index contributed by atoms with van der Waals surface area (Å²) >= 11 is 0. The van der Waals surface area contributed by atoms with E-state index in [1.54, 1.807) is 30.1 Å². The zero-order valence-electron chi connectivity index (χ0n) is 11.8. The molecule has 1 atom stereocenters. The van der Waals surface area contributed by atoms with Crippen LogP contribution < -0.4 is 21.5 Å². The number of nitro benzene ring substituents is 1. The number of benzene rings is 1. The molecule has 1 amide bonds. The quantitative estimate of drug-likeness (QED) is 0.433. The molecule has 0 bridgehead atoms. The molecule has 1 aromatic carbocycles. The lowest BCUT2D eigenvalue weighted by Crippen LogP contribution is -2.49. The molecule has 1 heterocycles. The van der Waals surface area contributed by atoms with Crippen molar-refractivity contribution >= 4 is 23.0 Å². The molecule has 114 valence electrons. The van der Waals surface area contributed by atoms with Crippen LogP contribution in [-0.4, -0.2) is 30.5 Å². The Hall–Kier alpha value is -2.35. The van der Waals surface area contributed by atoms with Gasteiger partial charge in [0.25, 0.3) is 0 Å². The first-order valence-corrected chi connectivity index (χ1v) is 6.82. The number of nitrogens with one attached hydrogen (secondary N) is 2. The minimum Gasteiger partial charge on any atom is -0.357 e. The minimum absolute atomic E-state index is 0.101. The summed E-state index contributed by atoms with van der Waals surface area (Å²) in [7, 11) is 1.57. The standard InChI is InChI=1S/C13H19N5O3/c1-15-13(19)11-6-2-3-8-17(11)10-7-4-5-9(16-14)12(10)18(20)21/h4-5,7,11,16H,2-3,6,8,14H2,1H3,(H,15,19). The number of rotatable bonds is 4. The van der Waals surface area contributed by atoms with Crippen molar-refractivity contribution in [3.05, 3.63) is 28.3 Å². The Morgan fingerprint density at radius 2 is 2.24 bits per heavy atom. The lowest BCUT2D eigenvalue weighted by molar-refractivity contribution is -0.383. The SMILES string of the molecule is CNC(=O)C1CCCCN1c1cccc(NN)c1[N+](=O)[O-]. The van der Waals surface area contributed by atoms with Gasteiger partial charge in [-0.15, -0.1) is 0 Å². The monoisotopic (exact) mass is 293 g/mol. The fourth-order valence-electron chi connectivity index (χ4n) is 2.73. The summed E-state index contributed by atoms with van der Waals surface area (Å²) in [6.45, 7) is 0.604. The van der Waals surface area contributed by atoms with Crippen molar-refractivity contribution in [3.63, 3.8) is 0 Å². The van der Waals surface area contributed by atoms with Crippen molar-refractivity contribution in [2.45, 2.75) is 25.3 Å². The first kappa shape index (κ1) is 15.0. The van der Waals surface area contributed by atoms with Gasteiger partial charge < -0.3 is 15.6 Å². The number of anilines is 2. The smallest absolute Gasteiger partial charge is 0.316 e. The van der Waals surface area contributed by atoms with Crippen molar-refractivity contribution in [3.8, 4) is 0 Å². The second kappa shape index (κ2) is 6.40. The Balaban J connectivity index is 2.48. The lowest BCUT2D eigenvalue weighted by Gasteiger charge is -2.36. The number of hydrogen-bond donors (Lipinski definition) is 3. The molecule has 21 heavy (non-hydrogen) atoms. The van der Waals surface area contributed by atoms with Crippen LogP contribution in [0.4, 0.5) is 17.1 Å². The first-order valence-electron chi connectivity index (χ1n) is 6.82. The third kappa shape index (κ3) is 2.89. The molecular formula is C13H19N5O3. The van der Waals surface area contributed by atoms with E-state index in [4.69, 9.17) is 5.84 Å². The third-order valence-corrected chi connectivity index (χ3v) is 3.71. The highest BCUT2D eigenvalue weighted by atomic mass is 16.6. The number of likely N-dealkylation sites (N-methyl/N-ethyl adjacent to an activating group) is 1. The van der Waals surface area contributed by atoms with Crippen LogP contribution >= 0.6 is 0 Å². The molecule has 1 saturated heterocycles.